The Morgan fingerprint density at radius 2 is 2.08 bits per heavy atom. The van der Waals surface area contributed by atoms with Crippen molar-refractivity contribution < 1.29 is 13.9 Å². The number of carbonyl (C=O) groups is 1. The Hall–Kier alpha value is -1.82. The number of urea groups is 1. The molecule has 2 N–H and O–H groups in total. The number of carbonyl (C=O) groups excluding carboxylic acids is 1. The third-order valence-electron chi connectivity index (χ3n) is 5.37. The van der Waals surface area contributed by atoms with Gasteiger partial charge in [-0.15, -0.1) is 0 Å². The maximum Gasteiger partial charge on any atom is 0.315 e. The molecular formula is C18H24FN3O2. The number of rotatable bonds is 3. The van der Waals surface area contributed by atoms with E-state index in [0.29, 0.717) is 18.3 Å². The van der Waals surface area contributed by atoms with Crippen LogP contribution in [0.15, 0.2) is 24.3 Å². The molecule has 4 atom stereocenters. The summed E-state index contributed by atoms with van der Waals surface area (Å²) in [5, 5.41) is 6.11. The minimum atomic E-state index is -0.207. The van der Waals surface area contributed by atoms with E-state index in [1.807, 2.05) is 11.0 Å². The molecule has 4 rings (SSSR count). The molecule has 3 fully saturated rings. The van der Waals surface area contributed by atoms with Crippen molar-refractivity contribution in [2.24, 2.45) is 0 Å². The van der Waals surface area contributed by atoms with E-state index in [1.165, 1.54) is 6.07 Å². The average molecular weight is 333 g/mol. The van der Waals surface area contributed by atoms with E-state index in [2.05, 4.69) is 10.6 Å². The molecule has 1 aromatic rings. The lowest BCUT2D eigenvalue weighted by molar-refractivity contribution is 0.0980. The van der Waals surface area contributed by atoms with Crippen LogP contribution < -0.4 is 15.5 Å². The van der Waals surface area contributed by atoms with Crippen molar-refractivity contribution in [1.82, 2.24) is 10.6 Å². The monoisotopic (exact) mass is 333 g/mol. The van der Waals surface area contributed by atoms with Crippen molar-refractivity contribution in [3.8, 4) is 0 Å². The summed E-state index contributed by atoms with van der Waals surface area (Å²) in [7, 11) is 0. The molecule has 0 spiro atoms. The number of hydrogen-bond acceptors (Lipinski definition) is 3. The van der Waals surface area contributed by atoms with Crippen molar-refractivity contribution in [2.75, 3.05) is 18.0 Å². The first-order chi connectivity index (χ1) is 11.7. The average Bonchev–Trinajstić information content (AvgIpc) is 3.18. The Morgan fingerprint density at radius 3 is 2.83 bits per heavy atom. The number of hydrogen-bond donors (Lipinski definition) is 2. The highest BCUT2D eigenvalue weighted by molar-refractivity contribution is 5.75. The van der Waals surface area contributed by atoms with Crippen molar-refractivity contribution in [1.29, 1.82) is 0 Å². The van der Waals surface area contributed by atoms with Gasteiger partial charge in [-0.2, -0.15) is 0 Å². The van der Waals surface area contributed by atoms with E-state index >= 15 is 0 Å². The van der Waals surface area contributed by atoms with Gasteiger partial charge in [0.2, 0.25) is 0 Å². The first-order valence-corrected chi connectivity index (χ1v) is 8.91. The molecule has 3 heterocycles. The number of amides is 2. The highest BCUT2D eigenvalue weighted by Crippen LogP contribution is 2.34. The summed E-state index contributed by atoms with van der Waals surface area (Å²) in [6.45, 7) is 1.46. The lowest BCUT2D eigenvalue weighted by atomic mass is 9.96. The van der Waals surface area contributed by atoms with E-state index < -0.39 is 0 Å². The molecule has 5 nitrogen and oxygen atoms in total. The molecule has 0 aliphatic carbocycles. The molecule has 3 aliphatic heterocycles. The van der Waals surface area contributed by atoms with Gasteiger partial charge in [0.15, 0.2) is 0 Å². The van der Waals surface area contributed by atoms with Gasteiger partial charge in [0, 0.05) is 19.1 Å². The van der Waals surface area contributed by atoms with Gasteiger partial charge in [0.05, 0.1) is 23.9 Å². The zero-order valence-corrected chi connectivity index (χ0v) is 13.7. The SMILES string of the molecule is O=C(NC1CCCN(c2ccccc2F)C1)NC1CC2CCC1O2. The van der Waals surface area contributed by atoms with Crippen LogP contribution in [0.4, 0.5) is 14.9 Å². The number of ether oxygens (including phenoxy) is 1. The Kier molecular flexibility index (Phi) is 4.31. The summed E-state index contributed by atoms with van der Waals surface area (Å²) < 4.78 is 19.7. The Balaban J connectivity index is 1.31. The molecule has 1 aromatic carbocycles. The zero-order valence-electron chi connectivity index (χ0n) is 13.7. The number of nitrogens with one attached hydrogen (secondary N) is 2. The second kappa shape index (κ2) is 6.59. The van der Waals surface area contributed by atoms with Crippen molar-refractivity contribution >= 4 is 11.7 Å². The third kappa shape index (κ3) is 3.20. The van der Waals surface area contributed by atoms with Crippen LogP contribution >= 0.6 is 0 Å². The number of halogens is 1. The Bertz CT molecular complexity index is 612. The molecule has 3 saturated heterocycles. The minimum absolute atomic E-state index is 0.0397. The van der Waals surface area contributed by atoms with Crippen LogP contribution in [0.5, 0.6) is 0 Å². The molecule has 2 amide bonds. The third-order valence-corrected chi connectivity index (χ3v) is 5.37. The van der Waals surface area contributed by atoms with Crippen LogP contribution in [-0.4, -0.2) is 43.4 Å². The normalized spacial score (nSPS) is 32.0. The van der Waals surface area contributed by atoms with Gasteiger partial charge in [-0.05, 0) is 44.2 Å². The molecule has 3 aliphatic rings. The van der Waals surface area contributed by atoms with Crippen LogP contribution in [0.2, 0.25) is 0 Å². The predicted molar refractivity (Wildman–Crippen MR) is 89.6 cm³/mol. The van der Waals surface area contributed by atoms with Crippen molar-refractivity contribution in [2.45, 2.75) is 56.4 Å². The second-order valence-electron chi connectivity index (χ2n) is 7.07. The van der Waals surface area contributed by atoms with Gasteiger partial charge in [0.25, 0.3) is 0 Å². The van der Waals surface area contributed by atoms with Crippen molar-refractivity contribution in [3.05, 3.63) is 30.1 Å². The number of benzene rings is 1. The van der Waals surface area contributed by atoms with Gasteiger partial charge in [-0.3, -0.25) is 0 Å². The molecule has 130 valence electrons. The van der Waals surface area contributed by atoms with Gasteiger partial charge < -0.3 is 20.3 Å². The molecule has 0 radical (unpaired) electrons. The fourth-order valence-corrected chi connectivity index (χ4v) is 4.21. The molecule has 6 heteroatoms. The number of nitrogens with zero attached hydrogens (tertiary/aromatic N) is 1. The fraction of sp³-hybridized carbons (Fsp3) is 0.611. The largest absolute Gasteiger partial charge is 0.373 e. The van der Waals surface area contributed by atoms with E-state index in [4.69, 9.17) is 4.74 Å². The first kappa shape index (κ1) is 15.7. The molecular weight excluding hydrogens is 309 g/mol. The molecule has 0 aromatic heterocycles. The number of piperidine rings is 1. The summed E-state index contributed by atoms with van der Waals surface area (Å²) in [6, 6.07) is 6.86. The fourth-order valence-electron chi connectivity index (χ4n) is 4.21. The van der Waals surface area contributed by atoms with E-state index in [9.17, 15) is 9.18 Å². The molecule has 24 heavy (non-hydrogen) atoms. The molecule has 2 bridgehead atoms. The Morgan fingerprint density at radius 1 is 1.21 bits per heavy atom. The second-order valence-corrected chi connectivity index (χ2v) is 7.07. The van der Waals surface area contributed by atoms with Gasteiger partial charge in [0.1, 0.15) is 5.82 Å². The van der Waals surface area contributed by atoms with E-state index in [0.717, 1.165) is 38.6 Å². The predicted octanol–water partition coefficient (Wildman–Crippen LogP) is 2.41. The smallest absolute Gasteiger partial charge is 0.315 e. The van der Waals surface area contributed by atoms with Crippen LogP contribution in [0.3, 0.4) is 0 Å². The standard InChI is InChI=1S/C18H24FN3O2/c19-14-5-1-2-6-16(14)22-9-3-4-12(11-22)20-18(23)21-15-10-13-7-8-17(15)24-13/h1-2,5-6,12-13,15,17H,3-4,7-11H2,(H2,20,21,23). The Labute approximate surface area is 141 Å². The zero-order chi connectivity index (χ0) is 16.5. The molecule has 4 unspecified atom stereocenters. The van der Waals surface area contributed by atoms with Gasteiger partial charge >= 0.3 is 6.03 Å². The summed E-state index contributed by atoms with van der Waals surface area (Å²) in [5.41, 5.74) is 0.617. The minimum Gasteiger partial charge on any atom is -0.373 e. The summed E-state index contributed by atoms with van der Waals surface area (Å²) in [5.74, 6) is -0.207. The van der Waals surface area contributed by atoms with E-state index in [-0.39, 0.29) is 30.0 Å². The van der Waals surface area contributed by atoms with Crippen LogP contribution in [0.25, 0.3) is 0 Å². The highest BCUT2D eigenvalue weighted by atomic mass is 19.1. The van der Waals surface area contributed by atoms with Crippen LogP contribution in [-0.2, 0) is 4.74 Å². The summed E-state index contributed by atoms with van der Waals surface area (Å²) >= 11 is 0. The summed E-state index contributed by atoms with van der Waals surface area (Å²) in [4.78, 5) is 14.3. The number of para-hydroxylation sites is 1. The van der Waals surface area contributed by atoms with Crippen LogP contribution in [0, 0.1) is 5.82 Å². The maximum absolute atomic E-state index is 14.0. The lowest BCUT2D eigenvalue weighted by Gasteiger charge is -2.35. The van der Waals surface area contributed by atoms with Gasteiger partial charge in [-0.1, -0.05) is 12.1 Å². The van der Waals surface area contributed by atoms with Gasteiger partial charge in [-0.25, -0.2) is 9.18 Å². The van der Waals surface area contributed by atoms with Crippen molar-refractivity contribution in [3.63, 3.8) is 0 Å². The lowest BCUT2D eigenvalue weighted by Crippen LogP contribution is -2.53. The van der Waals surface area contributed by atoms with Crippen LogP contribution in [0.1, 0.15) is 32.1 Å². The maximum atomic E-state index is 14.0. The van der Waals surface area contributed by atoms with E-state index in [1.54, 1.807) is 12.1 Å². The quantitative estimate of drug-likeness (QED) is 0.893. The number of fused-ring (bicyclic) bond motifs is 2. The highest BCUT2D eigenvalue weighted by Gasteiger charge is 2.41. The topological polar surface area (TPSA) is 53.6 Å². The number of anilines is 1. The summed E-state index contributed by atoms with van der Waals surface area (Å²) in [6.07, 6.45) is 5.45. The first-order valence-electron chi connectivity index (χ1n) is 8.91. The molecule has 0 saturated carbocycles.